The molecule has 2 aromatic carbocycles. The van der Waals surface area contributed by atoms with Crippen LogP contribution in [0.1, 0.15) is 33.6 Å². The Bertz CT molecular complexity index is 1020. The number of aryl methyl sites for hydroxylation is 2. The molecule has 1 N–H and O–H groups in total. The van der Waals surface area contributed by atoms with E-state index >= 15 is 0 Å². The molecule has 3 nitrogen and oxygen atoms in total. The molecule has 1 heterocycles. The number of nitrogens with zero attached hydrogens (tertiary/aromatic N) is 1. The van der Waals surface area contributed by atoms with Gasteiger partial charge in [0.1, 0.15) is 0 Å². The van der Waals surface area contributed by atoms with Crippen molar-refractivity contribution in [2.24, 2.45) is 0 Å². The van der Waals surface area contributed by atoms with Gasteiger partial charge in [-0.15, -0.1) is 0 Å². The highest BCUT2D eigenvalue weighted by Crippen LogP contribution is 2.32. The molecule has 1 aliphatic rings. The molecule has 1 aliphatic carbocycles. The lowest BCUT2D eigenvalue weighted by atomic mass is 10.00. The predicted molar refractivity (Wildman–Crippen MR) is 106 cm³/mol. The SMILES string of the molecule is Cc1cc(Br)ccc1NC(=O)c1c2c(nc3ccc(Cl)cc13)CCC2. The number of hydrogen-bond donors (Lipinski definition) is 1. The Morgan fingerprint density at radius 3 is 2.84 bits per heavy atom. The molecule has 0 unspecified atom stereocenters. The zero-order chi connectivity index (χ0) is 17.6. The minimum Gasteiger partial charge on any atom is -0.322 e. The Morgan fingerprint density at radius 2 is 2.04 bits per heavy atom. The molecule has 0 spiro atoms. The Hall–Kier alpha value is -1.91. The number of carbonyl (C=O) groups excluding carboxylic acids is 1. The molecule has 5 heteroatoms. The number of rotatable bonds is 2. The summed E-state index contributed by atoms with van der Waals surface area (Å²) < 4.78 is 0.991. The van der Waals surface area contributed by atoms with Crippen molar-refractivity contribution in [1.29, 1.82) is 0 Å². The Kier molecular flexibility index (Phi) is 4.26. The summed E-state index contributed by atoms with van der Waals surface area (Å²) in [5.41, 5.74) is 5.45. The van der Waals surface area contributed by atoms with Gasteiger partial charge in [0.25, 0.3) is 5.91 Å². The highest BCUT2D eigenvalue weighted by molar-refractivity contribution is 9.10. The van der Waals surface area contributed by atoms with E-state index in [9.17, 15) is 4.79 Å². The summed E-state index contributed by atoms with van der Waals surface area (Å²) in [5, 5.41) is 4.50. The first-order valence-electron chi connectivity index (χ1n) is 8.21. The van der Waals surface area contributed by atoms with Crippen LogP contribution < -0.4 is 5.32 Å². The number of pyridine rings is 1. The standard InChI is InChI=1S/C20H16BrClN2O/c1-11-9-12(21)5-7-16(11)24-20(25)19-14-3-2-4-17(14)23-18-8-6-13(22)10-15(18)19/h5-10H,2-4H2,1H3,(H,24,25). The van der Waals surface area contributed by atoms with Crippen molar-refractivity contribution in [3.8, 4) is 0 Å². The Balaban J connectivity index is 1.84. The molecule has 0 atom stereocenters. The van der Waals surface area contributed by atoms with Gasteiger partial charge in [0, 0.05) is 26.3 Å². The van der Waals surface area contributed by atoms with Gasteiger partial charge in [-0.3, -0.25) is 9.78 Å². The second-order valence-electron chi connectivity index (χ2n) is 6.34. The van der Waals surface area contributed by atoms with Crippen LogP contribution in [0.5, 0.6) is 0 Å². The Morgan fingerprint density at radius 1 is 1.20 bits per heavy atom. The van der Waals surface area contributed by atoms with Crippen LogP contribution in [-0.4, -0.2) is 10.9 Å². The van der Waals surface area contributed by atoms with Crippen LogP contribution in [0.3, 0.4) is 0 Å². The number of hydrogen-bond acceptors (Lipinski definition) is 2. The zero-order valence-electron chi connectivity index (χ0n) is 13.7. The molecule has 3 aromatic rings. The van der Waals surface area contributed by atoms with E-state index in [-0.39, 0.29) is 5.91 Å². The molecule has 0 aliphatic heterocycles. The van der Waals surface area contributed by atoms with Crippen molar-refractivity contribution < 1.29 is 4.79 Å². The number of halogens is 2. The number of nitrogens with one attached hydrogen (secondary N) is 1. The summed E-state index contributed by atoms with van der Waals surface area (Å²) in [5.74, 6) is -0.0989. The summed E-state index contributed by atoms with van der Waals surface area (Å²) >= 11 is 9.64. The van der Waals surface area contributed by atoms with Crippen LogP contribution in [0.4, 0.5) is 5.69 Å². The van der Waals surface area contributed by atoms with Gasteiger partial charge in [-0.2, -0.15) is 0 Å². The summed E-state index contributed by atoms with van der Waals surface area (Å²) in [6.45, 7) is 1.98. The van der Waals surface area contributed by atoms with Gasteiger partial charge in [0.15, 0.2) is 0 Å². The molecule has 0 saturated heterocycles. The first-order chi connectivity index (χ1) is 12.0. The van der Waals surface area contributed by atoms with Gasteiger partial charge < -0.3 is 5.32 Å². The number of carbonyl (C=O) groups is 1. The maximum Gasteiger partial charge on any atom is 0.256 e. The second kappa shape index (κ2) is 6.43. The summed E-state index contributed by atoms with van der Waals surface area (Å²) in [4.78, 5) is 17.9. The summed E-state index contributed by atoms with van der Waals surface area (Å²) in [6.07, 6.45) is 2.84. The number of anilines is 1. The average Bonchev–Trinajstić information content (AvgIpc) is 3.03. The van der Waals surface area contributed by atoms with Crippen LogP contribution in [0.15, 0.2) is 40.9 Å². The van der Waals surface area contributed by atoms with Crippen LogP contribution in [0.25, 0.3) is 10.9 Å². The van der Waals surface area contributed by atoms with Crippen molar-refractivity contribution in [3.63, 3.8) is 0 Å². The lowest BCUT2D eigenvalue weighted by molar-refractivity contribution is 0.102. The van der Waals surface area contributed by atoms with Gasteiger partial charge in [0.05, 0.1) is 11.1 Å². The monoisotopic (exact) mass is 414 g/mol. The molecule has 0 saturated carbocycles. The normalized spacial score (nSPS) is 13.1. The van der Waals surface area contributed by atoms with E-state index in [2.05, 4.69) is 21.2 Å². The molecule has 1 amide bonds. The van der Waals surface area contributed by atoms with Gasteiger partial charge in [0.2, 0.25) is 0 Å². The highest BCUT2D eigenvalue weighted by atomic mass is 79.9. The fourth-order valence-corrected chi connectivity index (χ4v) is 4.09. The molecular formula is C20H16BrClN2O. The molecule has 0 radical (unpaired) electrons. The summed E-state index contributed by atoms with van der Waals surface area (Å²) in [6, 6.07) is 11.4. The maximum atomic E-state index is 13.1. The van der Waals surface area contributed by atoms with Gasteiger partial charge in [-0.25, -0.2) is 0 Å². The molecule has 1 aromatic heterocycles. The second-order valence-corrected chi connectivity index (χ2v) is 7.69. The minimum absolute atomic E-state index is 0.0989. The van der Waals surface area contributed by atoms with Crippen LogP contribution in [-0.2, 0) is 12.8 Å². The van der Waals surface area contributed by atoms with Crippen molar-refractivity contribution in [2.45, 2.75) is 26.2 Å². The van der Waals surface area contributed by atoms with Crippen molar-refractivity contribution in [3.05, 3.63) is 68.3 Å². The number of benzene rings is 2. The fourth-order valence-electron chi connectivity index (χ4n) is 3.45. The zero-order valence-corrected chi connectivity index (χ0v) is 16.0. The number of aromatic nitrogens is 1. The smallest absolute Gasteiger partial charge is 0.256 e. The van der Waals surface area contributed by atoms with Crippen LogP contribution in [0, 0.1) is 6.92 Å². The quantitative estimate of drug-likeness (QED) is 0.583. The van der Waals surface area contributed by atoms with E-state index in [1.165, 1.54) is 0 Å². The maximum absolute atomic E-state index is 13.1. The van der Waals surface area contributed by atoms with Gasteiger partial charge in [-0.05, 0) is 73.7 Å². The van der Waals surface area contributed by atoms with E-state index in [0.717, 1.165) is 57.1 Å². The minimum atomic E-state index is -0.0989. The van der Waals surface area contributed by atoms with Crippen molar-refractivity contribution in [2.75, 3.05) is 5.32 Å². The van der Waals surface area contributed by atoms with E-state index in [1.54, 1.807) is 0 Å². The number of amides is 1. The fraction of sp³-hybridized carbons (Fsp3) is 0.200. The van der Waals surface area contributed by atoms with Crippen LogP contribution >= 0.6 is 27.5 Å². The third-order valence-corrected chi connectivity index (χ3v) is 5.37. The largest absolute Gasteiger partial charge is 0.322 e. The molecular weight excluding hydrogens is 400 g/mol. The van der Waals surface area contributed by atoms with Crippen LogP contribution in [0.2, 0.25) is 5.02 Å². The summed E-state index contributed by atoms with van der Waals surface area (Å²) in [7, 11) is 0. The number of fused-ring (bicyclic) bond motifs is 2. The Labute approximate surface area is 159 Å². The van der Waals surface area contributed by atoms with E-state index in [0.29, 0.717) is 10.6 Å². The topological polar surface area (TPSA) is 42.0 Å². The molecule has 126 valence electrons. The third-order valence-electron chi connectivity index (χ3n) is 4.64. The lowest BCUT2D eigenvalue weighted by Gasteiger charge is -2.14. The molecule has 0 bridgehead atoms. The first-order valence-corrected chi connectivity index (χ1v) is 9.38. The average molecular weight is 416 g/mol. The van der Waals surface area contributed by atoms with Crippen molar-refractivity contribution >= 4 is 50.0 Å². The van der Waals surface area contributed by atoms with E-state index in [4.69, 9.17) is 16.6 Å². The van der Waals surface area contributed by atoms with Gasteiger partial charge in [-0.1, -0.05) is 27.5 Å². The highest BCUT2D eigenvalue weighted by Gasteiger charge is 2.24. The van der Waals surface area contributed by atoms with Gasteiger partial charge >= 0.3 is 0 Å². The van der Waals surface area contributed by atoms with E-state index in [1.807, 2.05) is 43.3 Å². The molecule has 25 heavy (non-hydrogen) atoms. The molecule has 4 rings (SSSR count). The first kappa shape index (κ1) is 16.6. The lowest BCUT2D eigenvalue weighted by Crippen LogP contribution is -2.16. The predicted octanol–water partition coefficient (Wildman–Crippen LogP) is 5.70. The van der Waals surface area contributed by atoms with E-state index < -0.39 is 0 Å². The van der Waals surface area contributed by atoms with Crippen molar-refractivity contribution in [1.82, 2.24) is 4.98 Å². The molecule has 0 fully saturated rings. The third kappa shape index (κ3) is 3.05.